The van der Waals surface area contributed by atoms with E-state index in [9.17, 15) is 4.79 Å². The van der Waals surface area contributed by atoms with Crippen molar-refractivity contribution in [2.24, 2.45) is 0 Å². The molecule has 2 heterocycles. The van der Waals surface area contributed by atoms with Gasteiger partial charge in [0.2, 0.25) is 0 Å². The van der Waals surface area contributed by atoms with Gasteiger partial charge in [-0.25, -0.2) is 4.68 Å². The van der Waals surface area contributed by atoms with Gasteiger partial charge in [-0.2, -0.15) is 10.2 Å². The van der Waals surface area contributed by atoms with Gasteiger partial charge in [-0.15, -0.1) is 0 Å². The summed E-state index contributed by atoms with van der Waals surface area (Å²) in [7, 11) is 0. The largest absolute Gasteiger partial charge is 0.319 e. The van der Waals surface area contributed by atoms with E-state index in [1.807, 2.05) is 62.5 Å². The molecule has 0 saturated heterocycles. The lowest BCUT2D eigenvalue weighted by Gasteiger charge is -2.06. The highest BCUT2D eigenvalue weighted by Crippen LogP contribution is 2.22. The zero-order chi connectivity index (χ0) is 20.4. The van der Waals surface area contributed by atoms with Crippen LogP contribution in [0.3, 0.4) is 0 Å². The Morgan fingerprint density at radius 2 is 1.79 bits per heavy atom. The van der Waals surface area contributed by atoms with E-state index in [0.717, 1.165) is 22.6 Å². The molecule has 7 heteroatoms. The zero-order valence-electron chi connectivity index (χ0n) is 16.1. The maximum absolute atomic E-state index is 12.6. The normalized spacial score (nSPS) is 10.9. The molecule has 0 aliphatic rings. The molecule has 1 N–H and O–H groups in total. The average Bonchev–Trinajstić information content (AvgIpc) is 3.28. The van der Waals surface area contributed by atoms with E-state index < -0.39 is 0 Å². The summed E-state index contributed by atoms with van der Waals surface area (Å²) in [6, 6.07) is 17.3. The second-order valence-electron chi connectivity index (χ2n) is 6.81. The van der Waals surface area contributed by atoms with Gasteiger partial charge in [0.1, 0.15) is 0 Å². The molecule has 6 nitrogen and oxygen atoms in total. The fourth-order valence-corrected chi connectivity index (χ4v) is 3.24. The number of halogens is 1. The minimum atomic E-state index is -0.192. The smallest absolute Gasteiger partial charge is 0.255 e. The van der Waals surface area contributed by atoms with Crippen molar-refractivity contribution in [2.75, 3.05) is 5.32 Å². The summed E-state index contributed by atoms with van der Waals surface area (Å²) in [4.78, 5) is 12.6. The summed E-state index contributed by atoms with van der Waals surface area (Å²) < 4.78 is 3.56. The first-order valence-electron chi connectivity index (χ1n) is 9.21. The lowest BCUT2D eigenvalue weighted by atomic mass is 10.2. The first kappa shape index (κ1) is 19.0. The molecule has 4 rings (SSSR count). The summed E-state index contributed by atoms with van der Waals surface area (Å²) >= 11 is 6.22. The Morgan fingerprint density at radius 3 is 2.45 bits per heavy atom. The van der Waals surface area contributed by atoms with Gasteiger partial charge in [-0.05, 0) is 43.7 Å². The summed E-state index contributed by atoms with van der Waals surface area (Å²) in [6.07, 6.45) is 3.46. The third kappa shape index (κ3) is 4.07. The first-order chi connectivity index (χ1) is 14.0. The van der Waals surface area contributed by atoms with Crippen molar-refractivity contribution < 1.29 is 4.79 Å². The van der Waals surface area contributed by atoms with Crippen molar-refractivity contribution in [3.63, 3.8) is 0 Å². The van der Waals surface area contributed by atoms with E-state index in [1.165, 1.54) is 0 Å². The van der Waals surface area contributed by atoms with E-state index >= 15 is 0 Å². The standard InChI is InChI=1S/C22H20ClN5O/c1-15-21(23)16(2)28(26-15)20-10-8-18(9-11-20)22(29)25-19-12-24-27(14-19)13-17-6-4-3-5-7-17/h3-12,14H,13H2,1-2H3,(H,25,29). The van der Waals surface area contributed by atoms with E-state index in [0.29, 0.717) is 22.8 Å². The van der Waals surface area contributed by atoms with E-state index in [2.05, 4.69) is 15.5 Å². The molecule has 0 radical (unpaired) electrons. The molecule has 0 aliphatic heterocycles. The highest BCUT2D eigenvalue weighted by atomic mass is 35.5. The molecule has 0 saturated carbocycles. The van der Waals surface area contributed by atoms with Gasteiger partial charge in [-0.1, -0.05) is 41.9 Å². The molecule has 0 bridgehead atoms. The van der Waals surface area contributed by atoms with Gasteiger partial charge in [0, 0.05) is 11.8 Å². The Morgan fingerprint density at radius 1 is 1.07 bits per heavy atom. The zero-order valence-corrected chi connectivity index (χ0v) is 16.9. The molecule has 0 atom stereocenters. The van der Waals surface area contributed by atoms with Crippen LogP contribution in [0.1, 0.15) is 27.3 Å². The number of aromatic nitrogens is 4. The lowest BCUT2D eigenvalue weighted by Crippen LogP contribution is -2.11. The molecule has 1 amide bonds. The SMILES string of the molecule is Cc1nn(-c2ccc(C(=O)Nc3cnn(Cc4ccccc4)c3)cc2)c(C)c1Cl. The number of aryl methyl sites for hydroxylation is 1. The van der Waals surface area contributed by atoms with Crippen LogP contribution >= 0.6 is 11.6 Å². The Balaban J connectivity index is 1.44. The number of benzene rings is 2. The fourth-order valence-electron chi connectivity index (χ4n) is 3.12. The molecule has 146 valence electrons. The maximum atomic E-state index is 12.6. The van der Waals surface area contributed by atoms with Crippen LogP contribution in [0, 0.1) is 13.8 Å². The van der Waals surface area contributed by atoms with Gasteiger partial charge in [0.25, 0.3) is 5.91 Å². The van der Waals surface area contributed by atoms with Gasteiger partial charge < -0.3 is 5.32 Å². The number of hydrogen-bond donors (Lipinski definition) is 1. The van der Waals surface area contributed by atoms with Crippen LogP contribution in [0.25, 0.3) is 5.69 Å². The molecule has 0 aliphatic carbocycles. The van der Waals surface area contributed by atoms with Crippen molar-refractivity contribution in [1.29, 1.82) is 0 Å². The van der Waals surface area contributed by atoms with Crippen LogP contribution in [0.5, 0.6) is 0 Å². The van der Waals surface area contributed by atoms with Gasteiger partial charge in [0.05, 0.1) is 40.5 Å². The molecule has 2 aromatic heterocycles. The molecule has 29 heavy (non-hydrogen) atoms. The van der Waals surface area contributed by atoms with Crippen LogP contribution in [-0.4, -0.2) is 25.5 Å². The molecule has 0 unspecified atom stereocenters. The van der Waals surface area contributed by atoms with Gasteiger partial charge >= 0.3 is 0 Å². The van der Waals surface area contributed by atoms with Gasteiger partial charge in [0.15, 0.2) is 0 Å². The lowest BCUT2D eigenvalue weighted by molar-refractivity contribution is 0.102. The topological polar surface area (TPSA) is 64.7 Å². The minimum absolute atomic E-state index is 0.192. The van der Waals surface area contributed by atoms with Crippen LogP contribution in [-0.2, 0) is 6.54 Å². The number of hydrogen-bond acceptors (Lipinski definition) is 3. The van der Waals surface area contributed by atoms with Crippen LogP contribution in [0.4, 0.5) is 5.69 Å². The van der Waals surface area contributed by atoms with Crippen molar-refractivity contribution in [1.82, 2.24) is 19.6 Å². The van der Waals surface area contributed by atoms with Crippen molar-refractivity contribution in [3.8, 4) is 5.69 Å². The Bertz CT molecular complexity index is 1150. The van der Waals surface area contributed by atoms with Gasteiger partial charge in [-0.3, -0.25) is 9.48 Å². The van der Waals surface area contributed by atoms with Crippen LogP contribution in [0.2, 0.25) is 5.02 Å². The highest BCUT2D eigenvalue weighted by Gasteiger charge is 2.12. The molecular weight excluding hydrogens is 386 g/mol. The second kappa shape index (κ2) is 7.93. The number of anilines is 1. The third-order valence-electron chi connectivity index (χ3n) is 4.66. The molecule has 0 fully saturated rings. The molecule has 2 aromatic carbocycles. The first-order valence-corrected chi connectivity index (χ1v) is 9.59. The molecule has 4 aromatic rings. The number of carbonyl (C=O) groups excluding carboxylic acids is 1. The minimum Gasteiger partial charge on any atom is -0.319 e. The number of rotatable bonds is 5. The Labute approximate surface area is 173 Å². The Kier molecular flexibility index (Phi) is 5.18. The monoisotopic (exact) mass is 405 g/mol. The summed E-state index contributed by atoms with van der Waals surface area (Å²) in [5.41, 5.74) is 4.85. The predicted octanol–water partition coefficient (Wildman–Crippen LogP) is 4.64. The molecular formula is C22H20ClN5O. The summed E-state index contributed by atoms with van der Waals surface area (Å²) in [6.45, 7) is 4.43. The number of carbonyl (C=O) groups is 1. The van der Waals surface area contributed by atoms with Crippen LogP contribution < -0.4 is 5.32 Å². The fraction of sp³-hybridized carbons (Fsp3) is 0.136. The van der Waals surface area contributed by atoms with Crippen molar-refractivity contribution in [2.45, 2.75) is 20.4 Å². The van der Waals surface area contributed by atoms with E-state index in [4.69, 9.17) is 11.6 Å². The Hall–Kier alpha value is -3.38. The summed E-state index contributed by atoms with van der Waals surface area (Å²) in [5, 5.41) is 12.3. The van der Waals surface area contributed by atoms with Crippen molar-refractivity contribution in [3.05, 3.63) is 94.5 Å². The summed E-state index contributed by atoms with van der Waals surface area (Å²) in [5.74, 6) is -0.192. The van der Waals surface area contributed by atoms with E-state index in [-0.39, 0.29) is 5.91 Å². The predicted molar refractivity (Wildman–Crippen MR) is 114 cm³/mol. The van der Waals surface area contributed by atoms with Crippen LogP contribution in [0.15, 0.2) is 67.0 Å². The van der Waals surface area contributed by atoms with Crippen molar-refractivity contribution >= 4 is 23.2 Å². The van der Waals surface area contributed by atoms with E-state index in [1.54, 1.807) is 27.7 Å². The molecule has 0 spiro atoms. The second-order valence-corrected chi connectivity index (χ2v) is 7.19. The third-order valence-corrected chi connectivity index (χ3v) is 5.20. The number of nitrogens with one attached hydrogen (secondary N) is 1. The maximum Gasteiger partial charge on any atom is 0.255 e. The average molecular weight is 406 g/mol. The number of amides is 1. The quantitative estimate of drug-likeness (QED) is 0.526. The highest BCUT2D eigenvalue weighted by molar-refractivity contribution is 6.31. The number of nitrogens with zero attached hydrogens (tertiary/aromatic N) is 4.